The van der Waals surface area contributed by atoms with Crippen LogP contribution in [0.1, 0.15) is 21.6 Å². The van der Waals surface area contributed by atoms with E-state index >= 15 is 0 Å². The van der Waals surface area contributed by atoms with Crippen LogP contribution in [0.15, 0.2) is 12.2 Å². The average molecular weight is 195 g/mol. The molecule has 0 spiro atoms. The molecule has 0 aliphatic rings. The van der Waals surface area contributed by atoms with Crippen molar-refractivity contribution in [2.45, 2.75) is 20.3 Å². The molecule has 0 aliphatic heterocycles. The van der Waals surface area contributed by atoms with Crippen molar-refractivity contribution in [1.82, 2.24) is 0 Å². The molecule has 0 fully saturated rings. The minimum Gasteiger partial charge on any atom is -0.756 e. The van der Waals surface area contributed by atoms with Gasteiger partial charge in [0, 0.05) is 0 Å². The van der Waals surface area contributed by atoms with Crippen LogP contribution in [0.2, 0.25) is 0 Å². The second-order valence-corrected chi connectivity index (χ2v) is 3.41. The van der Waals surface area contributed by atoms with E-state index in [0.29, 0.717) is 6.42 Å². The Hall–Kier alpha value is -0.150. The number of phosphoric ester groups is 1. The highest BCUT2D eigenvalue weighted by atomic mass is 31.2. The number of phosphoric acid groups is 1. The van der Waals surface area contributed by atoms with Gasteiger partial charge in [-0.2, -0.15) is 0 Å². The first-order valence-corrected chi connectivity index (χ1v) is 5.17. The maximum absolute atomic E-state index is 10.9. The molecule has 2 unspecified atom stereocenters. The molecular formula is C7H14O4P-. The fourth-order valence-electron chi connectivity index (χ4n) is 0.422. The zero-order valence-electron chi connectivity index (χ0n) is 8.23. The number of allylic oxidation sites excluding steroid dienone is 1. The lowest BCUT2D eigenvalue weighted by atomic mass is 10.5. The SMILES string of the molecule is [3H]C(/C=C/C)OP(=O)([O-])OCCC. The molecule has 0 saturated heterocycles. The largest absolute Gasteiger partial charge is 0.756 e. The molecular weight excluding hydrogens is 179 g/mol. The molecule has 0 amide bonds. The Morgan fingerprint density at radius 1 is 1.67 bits per heavy atom. The highest BCUT2D eigenvalue weighted by molar-refractivity contribution is 7.45. The minimum atomic E-state index is -4.28. The maximum Gasteiger partial charge on any atom is 0.268 e. The van der Waals surface area contributed by atoms with E-state index in [0.717, 1.165) is 0 Å². The molecule has 0 saturated carbocycles. The van der Waals surface area contributed by atoms with Crippen LogP contribution in [0.3, 0.4) is 0 Å². The van der Waals surface area contributed by atoms with Gasteiger partial charge in [-0.15, -0.1) is 0 Å². The van der Waals surface area contributed by atoms with Gasteiger partial charge >= 0.3 is 0 Å². The van der Waals surface area contributed by atoms with Crippen LogP contribution in [-0.4, -0.2) is 13.2 Å². The maximum atomic E-state index is 10.9. The van der Waals surface area contributed by atoms with Crippen LogP contribution in [0.4, 0.5) is 0 Å². The van der Waals surface area contributed by atoms with Crippen LogP contribution in [0.5, 0.6) is 0 Å². The van der Waals surface area contributed by atoms with Gasteiger partial charge in [0.05, 0.1) is 14.6 Å². The van der Waals surface area contributed by atoms with Crippen molar-refractivity contribution < 1.29 is 19.9 Å². The molecule has 0 aromatic rings. The zero-order chi connectivity index (χ0) is 10.3. The summed E-state index contributed by atoms with van der Waals surface area (Å²) in [7, 11) is -4.28. The molecule has 5 heteroatoms. The van der Waals surface area contributed by atoms with Crippen LogP contribution >= 0.6 is 7.82 Å². The van der Waals surface area contributed by atoms with E-state index in [4.69, 9.17) is 1.37 Å². The summed E-state index contributed by atoms with van der Waals surface area (Å²) >= 11 is 0. The molecule has 2 atom stereocenters. The smallest absolute Gasteiger partial charge is 0.268 e. The minimum absolute atomic E-state index is 0.0866. The quantitative estimate of drug-likeness (QED) is 0.475. The van der Waals surface area contributed by atoms with Gasteiger partial charge in [0.2, 0.25) is 0 Å². The molecule has 4 nitrogen and oxygen atoms in total. The third-order valence-corrected chi connectivity index (χ3v) is 1.79. The van der Waals surface area contributed by atoms with E-state index in [-0.39, 0.29) is 6.61 Å². The van der Waals surface area contributed by atoms with Gasteiger partial charge in [-0.25, -0.2) is 0 Å². The van der Waals surface area contributed by atoms with E-state index in [2.05, 4.69) is 9.05 Å². The van der Waals surface area contributed by atoms with E-state index in [1.54, 1.807) is 13.8 Å². The first-order valence-electron chi connectivity index (χ1n) is 4.28. The van der Waals surface area contributed by atoms with Crippen molar-refractivity contribution in [3.63, 3.8) is 0 Å². The summed E-state index contributed by atoms with van der Waals surface area (Å²) in [6.07, 6.45) is 3.43. The van der Waals surface area contributed by atoms with Gasteiger partial charge in [0.15, 0.2) is 0 Å². The van der Waals surface area contributed by atoms with Gasteiger partial charge in [-0.05, 0) is 13.3 Å². The average Bonchev–Trinajstić information content (AvgIpc) is 2.00. The lowest BCUT2D eigenvalue weighted by molar-refractivity contribution is -0.224. The van der Waals surface area contributed by atoms with Crippen molar-refractivity contribution in [2.24, 2.45) is 0 Å². The number of rotatable bonds is 6. The van der Waals surface area contributed by atoms with Gasteiger partial charge < -0.3 is 13.9 Å². The summed E-state index contributed by atoms with van der Waals surface area (Å²) in [5.41, 5.74) is 0. The first-order chi connectivity index (χ1) is 6.02. The summed E-state index contributed by atoms with van der Waals surface area (Å²) in [6.45, 7) is 2.33. The monoisotopic (exact) mass is 195 g/mol. The van der Waals surface area contributed by atoms with Gasteiger partial charge in [0.1, 0.15) is 0 Å². The molecule has 0 N–H and O–H groups in total. The summed E-state index contributed by atoms with van der Waals surface area (Å²) in [5.74, 6) is 0. The Kier molecular flexibility index (Phi) is 5.28. The van der Waals surface area contributed by atoms with Crippen molar-refractivity contribution >= 4 is 7.82 Å². The van der Waals surface area contributed by atoms with Gasteiger partial charge in [-0.3, -0.25) is 4.57 Å². The molecule has 0 aromatic heterocycles. The molecule has 12 heavy (non-hydrogen) atoms. The molecule has 72 valence electrons. The summed E-state index contributed by atoms with van der Waals surface area (Å²) in [6, 6.07) is 0. The molecule has 0 aromatic carbocycles. The normalized spacial score (nSPS) is 20.4. The first kappa shape index (κ1) is 9.93. The number of hydrogen-bond donors (Lipinski definition) is 0. The summed E-state index contributed by atoms with van der Waals surface area (Å²) < 4.78 is 26.8. The van der Waals surface area contributed by atoms with Crippen molar-refractivity contribution in [1.29, 1.82) is 0 Å². The van der Waals surface area contributed by atoms with Crippen LogP contribution < -0.4 is 4.89 Å². The van der Waals surface area contributed by atoms with E-state index in [9.17, 15) is 9.46 Å². The standard InChI is InChI=1S/C7H15O4P/c1-3-5-7-11-12(8,9)10-6-4-2/h3,5H,4,6-7H2,1-2H3,(H,8,9)/p-1/b5-3+/i7T. The Balaban J connectivity index is 3.93. The van der Waals surface area contributed by atoms with Gasteiger partial charge in [-0.1, -0.05) is 19.1 Å². The molecule has 0 heterocycles. The van der Waals surface area contributed by atoms with Crippen molar-refractivity contribution in [3.8, 4) is 0 Å². The lowest BCUT2D eigenvalue weighted by Gasteiger charge is -2.21. The van der Waals surface area contributed by atoms with Crippen molar-refractivity contribution in [2.75, 3.05) is 13.2 Å². The fourth-order valence-corrected chi connectivity index (χ4v) is 1.11. The van der Waals surface area contributed by atoms with Crippen LogP contribution in [0, 0.1) is 0 Å². The zero-order valence-corrected chi connectivity index (χ0v) is 8.12. The van der Waals surface area contributed by atoms with Crippen LogP contribution in [0.25, 0.3) is 0 Å². The fraction of sp³-hybridized carbons (Fsp3) is 0.714. The number of hydrogen-bond acceptors (Lipinski definition) is 4. The Bertz CT molecular complexity index is 207. The highest BCUT2D eigenvalue weighted by Crippen LogP contribution is 2.37. The van der Waals surface area contributed by atoms with Crippen LogP contribution in [-0.2, 0) is 13.6 Å². The third-order valence-electron chi connectivity index (χ3n) is 0.915. The molecule has 0 radical (unpaired) electrons. The van der Waals surface area contributed by atoms with E-state index in [1.165, 1.54) is 12.2 Å². The predicted octanol–water partition coefficient (Wildman–Crippen LogP) is 1.47. The molecule has 0 aliphatic carbocycles. The topological polar surface area (TPSA) is 58.6 Å². The molecule has 0 bridgehead atoms. The summed E-state index contributed by atoms with van der Waals surface area (Å²) in [5, 5.41) is 0. The third kappa shape index (κ3) is 6.55. The Morgan fingerprint density at radius 2 is 2.33 bits per heavy atom. The molecule has 0 rings (SSSR count). The Morgan fingerprint density at radius 3 is 2.83 bits per heavy atom. The Labute approximate surface area is 74.2 Å². The van der Waals surface area contributed by atoms with E-state index in [1.807, 2.05) is 0 Å². The van der Waals surface area contributed by atoms with Crippen molar-refractivity contribution in [3.05, 3.63) is 12.2 Å². The van der Waals surface area contributed by atoms with E-state index < -0.39 is 14.4 Å². The van der Waals surface area contributed by atoms with Gasteiger partial charge in [0.25, 0.3) is 7.82 Å². The lowest BCUT2D eigenvalue weighted by Crippen LogP contribution is -2.08. The highest BCUT2D eigenvalue weighted by Gasteiger charge is 2.06. The predicted molar refractivity (Wildman–Crippen MR) is 44.6 cm³/mol. The summed E-state index contributed by atoms with van der Waals surface area (Å²) in [4.78, 5) is 10.9. The second-order valence-electron chi connectivity index (χ2n) is 2.05. The second kappa shape index (κ2) is 6.38.